The molecule has 0 radical (unpaired) electrons. The number of rotatable bonds is 3. The van der Waals surface area contributed by atoms with Gasteiger partial charge in [0.1, 0.15) is 5.75 Å². The summed E-state index contributed by atoms with van der Waals surface area (Å²) in [5.74, 6) is -0.570. The van der Waals surface area contributed by atoms with E-state index in [-0.39, 0.29) is 11.7 Å². The van der Waals surface area contributed by atoms with Gasteiger partial charge in [0.05, 0.1) is 6.21 Å². The third kappa shape index (κ3) is 5.19. The predicted octanol–water partition coefficient (Wildman–Crippen LogP) is 1.50. The minimum absolute atomic E-state index is 0.245. The molecule has 0 aliphatic heterocycles. The summed E-state index contributed by atoms with van der Waals surface area (Å²) in [4.78, 5) is 0. The maximum Gasteiger partial charge on any atom is 0.573 e. The van der Waals surface area contributed by atoms with E-state index >= 15 is 0 Å². The summed E-state index contributed by atoms with van der Waals surface area (Å²) in [6.07, 6.45) is -3.52. The van der Waals surface area contributed by atoms with Crippen LogP contribution in [0.15, 0.2) is 28.4 Å². The molecule has 1 aromatic carbocycles. The van der Waals surface area contributed by atoms with E-state index < -0.39 is 6.36 Å². The zero-order valence-electron chi connectivity index (χ0n) is 9.40. The van der Waals surface area contributed by atoms with Gasteiger partial charge in [-0.15, -0.1) is 18.3 Å². The van der Waals surface area contributed by atoms with Gasteiger partial charge in [0, 0.05) is 0 Å². The van der Waals surface area contributed by atoms with Gasteiger partial charge >= 0.3 is 6.36 Å². The van der Waals surface area contributed by atoms with Crippen LogP contribution in [0.25, 0.3) is 0 Å². The van der Waals surface area contributed by atoms with Crippen molar-refractivity contribution in [3.8, 4) is 5.75 Å². The first-order valence-corrected chi connectivity index (χ1v) is 4.76. The summed E-state index contributed by atoms with van der Waals surface area (Å²) in [7, 11) is 0. The molecule has 1 aromatic rings. The molecule has 98 valence electrons. The Morgan fingerprint density at radius 3 is 2.50 bits per heavy atom. The van der Waals surface area contributed by atoms with Gasteiger partial charge < -0.3 is 16.2 Å². The molecule has 0 spiro atoms. The highest BCUT2D eigenvalue weighted by Crippen LogP contribution is 2.24. The Morgan fingerprint density at radius 2 is 1.94 bits per heavy atom. The molecule has 8 heteroatoms. The molecule has 0 aromatic heterocycles. The molecule has 4 N–H and O–H groups in total. The fourth-order valence-corrected chi connectivity index (χ4v) is 1.21. The highest BCUT2D eigenvalue weighted by molar-refractivity contribution is 5.82. The first kappa shape index (κ1) is 13.8. The third-order valence-electron chi connectivity index (χ3n) is 1.69. The van der Waals surface area contributed by atoms with Crippen LogP contribution in [0, 0.1) is 6.92 Å². The standard InChI is InChI=1S/C10H11F3N4O/c1-6-2-7(5-16-17-9(14)15)4-8(3-6)18-10(11,12)13/h2-5H,1H3,(H4,14,15,17). The summed E-state index contributed by atoms with van der Waals surface area (Å²) in [5.41, 5.74) is 11.1. The average molecular weight is 260 g/mol. The van der Waals surface area contributed by atoms with Crippen LogP contribution in [0.5, 0.6) is 5.75 Å². The molecule has 0 saturated heterocycles. The Labute approximate surface area is 101 Å². The number of alkyl halides is 3. The van der Waals surface area contributed by atoms with Gasteiger partial charge in [-0.05, 0) is 30.2 Å². The summed E-state index contributed by atoms with van der Waals surface area (Å²) >= 11 is 0. The van der Waals surface area contributed by atoms with Crippen molar-refractivity contribution in [3.63, 3.8) is 0 Å². The van der Waals surface area contributed by atoms with Crippen LogP contribution in [0.4, 0.5) is 13.2 Å². The zero-order valence-corrected chi connectivity index (χ0v) is 9.40. The van der Waals surface area contributed by atoms with Crippen LogP contribution < -0.4 is 16.2 Å². The lowest BCUT2D eigenvalue weighted by molar-refractivity contribution is -0.274. The minimum atomic E-state index is -4.73. The lowest BCUT2D eigenvalue weighted by atomic mass is 10.1. The van der Waals surface area contributed by atoms with Crippen LogP contribution in [-0.4, -0.2) is 18.5 Å². The number of nitrogens with two attached hydrogens (primary N) is 2. The topological polar surface area (TPSA) is 86.0 Å². The average Bonchev–Trinajstić information content (AvgIpc) is 2.12. The van der Waals surface area contributed by atoms with E-state index in [2.05, 4.69) is 14.9 Å². The van der Waals surface area contributed by atoms with Crippen molar-refractivity contribution in [1.82, 2.24) is 0 Å². The maximum absolute atomic E-state index is 12.1. The second-order valence-corrected chi connectivity index (χ2v) is 3.40. The van der Waals surface area contributed by atoms with Crippen molar-refractivity contribution in [1.29, 1.82) is 0 Å². The molecule has 0 aliphatic carbocycles. The van der Waals surface area contributed by atoms with E-state index in [0.717, 1.165) is 0 Å². The van der Waals surface area contributed by atoms with Crippen molar-refractivity contribution < 1.29 is 17.9 Å². The third-order valence-corrected chi connectivity index (χ3v) is 1.69. The number of ether oxygens (including phenoxy) is 1. The first-order chi connectivity index (χ1) is 8.26. The summed E-state index contributed by atoms with van der Waals surface area (Å²) in [6.45, 7) is 1.63. The normalized spacial score (nSPS) is 11.6. The van der Waals surface area contributed by atoms with Crippen LogP contribution in [0.2, 0.25) is 0 Å². The SMILES string of the molecule is Cc1cc(C=NN=C(N)N)cc(OC(F)(F)F)c1. The largest absolute Gasteiger partial charge is 0.573 e. The van der Waals surface area contributed by atoms with Gasteiger partial charge in [0.25, 0.3) is 0 Å². The van der Waals surface area contributed by atoms with Crippen LogP contribution in [0.3, 0.4) is 0 Å². The summed E-state index contributed by atoms with van der Waals surface area (Å²) in [6, 6.07) is 4.03. The molecule has 18 heavy (non-hydrogen) atoms. The summed E-state index contributed by atoms with van der Waals surface area (Å²) in [5, 5.41) is 6.83. The fourth-order valence-electron chi connectivity index (χ4n) is 1.21. The monoisotopic (exact) mass is 260 g/mol. The quantitative estimate of drug-likeness (QED) is 0.490. The number of halogens is 3. The smallest absolute Gasteiger partial charge is 0.406 e. The van der Waals surface area contributed by atoms with Gasteiger partial charge in [0.2, 0.25) is 5.96 Å². The van der Waals surface area contributed by atoms with E-state index in [0.29, 0.717) is 11.1 Å². The van der Waals surface area contributed by atoms with Crippen LogP contribution >= 0.6 is 0 Å². The Bertz CT molecular complexity index is 479. The zero-order chi connectivity index (χ0) is 13.8. The molecule has 0 atom stereocenters. The van der Waals surface area contributed by atoms with Gasteiger partial charge in [-0.25, -0.2) is 0 Å². The number of nitrogens with zero attached hydrogens (tertiary/aromatic N) is 2. The van der Waals surface area contributed by atoms with Crippen LogP contribution in [-0.2, 0) is 0 Å². The first-order valence-electron chi connectivity index (χ1n) is 4.76. The molecule has 0 amide bonds. The number of hydrogen-bond acceptors (Lipinski definition) is 3. The fraction of sp³-hybridized carbons (Fsp3) is 0.200. The van der Waals surface area contributed by atoms with E-state index in [1.165, 1.54) is 18.3 Å². The maximum atomic E-state index is 12.1. The highest BCUT2D eigenvalue weighted by atomic mass is 19.4. The Kier molecular flexibility index (Phi) is 4.13. The molecule has 0 saturated carbocycles. The van der Waals surface area contributed by atoms with Crippen molar-refractivity contribution >= 4 is 12.2 Å². The highest BCUT2D eigenvalue weighted by Gasteiger charge is 2.31. The molecule has 0 heterocycles. The van der Waals surface area contributed by atoms with Crippen molar-refractivity contribution in [2.45, 2.75) is 13.3 Å². The van der Waals surface area contributed by atoms with Crippen LogP contribution in [0.1, 0.15) is 11.1 Å². The van der Waals surface area contributed by atoms with E-state index in [4.69, 9.17) is 11.5 Å². The Morgan fingerprint density at radius 1 is 1.28 bits per heavy atom. The van der Waals surface area contributed by atoms with E-state index in [1.54, 1.807) is 13.0 Å². The van der Waals surface area contributed by atoms with Gasteiger partial charge in [0.15, 0.2) is 0 Å². The minimum Gasteiger partial charge on any atom is -0.406 e. The molecule has 0 unspecified atom stereocenters. The summed E-state index contributed by atoms with van der Waals surface area (Å²) < 4.78 is 40.0. The molecular formula is C10H11F3N4O. The number of benzene rings is 1. The van der Waals surface area contributed by atoms with Gasteiger partial charge in [-0.2, -0.15) is 5.10 Å². The van der Waals surface area contributed by atoms with Crippen molar-refractivity contribution in [2.75, 3.05) is 0 Å². The molecule has 0 fully saturated rings. The van der Waals surface area contributed by atoms with Gasteiger partial charge in [-0.3, -0.25) is 0 Å². The molecule has 5 nitrogen and oxygen atoms in total. The predicted molar refractivity (Wildman–Crippen MR) is 61.3 cm³/mol. The molecule has 0 aliphatic rings. The van der Waals surface area contributed by atoms with E-state index in [9.17, 15) is 13.2 Å². The lowest BCUT2D eigenvalue weighted by Gasteiger charge is -2.09. The number of guanidine groups is 1. The Hall–Kier alpha value is -2.25. The number of hydrogen-bond donors (Lipinski definition) is 2. The van der Waals surface area contributed by atoms with Crippen molar-refractivity contribution in [3.05, 3.63) is 29.3 Å². The lowest BCUT2D eigenvalue weighted by Crippen LogP contribution is -2.21. The molecule has 1 rings (SSSR count). The second kappa shape index (κ2) is 5.39. The molecular weight excluding hydrogens is 249 g/mol. The number of aryl methyl sites for hydroxylation is 1. The molecule has 0 bridgehead atoms. The van der Waals surface area contributed by atoms with Gasteiger partial charge in [-0.1, -0.05) is 6.07 Å². The van der Waals surface area contributed by atoms with Crippen molar-refractivity contribution in [2.24, 2.45) is 21.7 Å². The Balaban J connectivity index is 2.94. The second-order valence-electron chi connectivity index (χ2n) is 3.40. The van der Waals surface area contributed by atoms with E-state index in [1.807, 2.05) is 0 Å².